The lowest BCUT2D eigenvalue weighted by Crippen LogP contribution is -2.58. The van der Waals surface area contributed by atoms with Gasteiger partial charge in [0.2, 0.25) is 29.5 Å². The minimum atomic E-state index is -1.03. The molecule has 80 heavy (non-hydrogen) atoms. The molecule has 5 aromatic rings. The molecule has 2 N–H and O–H groups in total. The molecule has 13 rings (SSSR count). The summed E-state index contributed by atoms with van der Waals surface area (Å²) in [5.41, 5.74) is 5.66. The molecule has 1 spiro atoms. The Morgan fingerprint density at radius 2 is 1.41 bits per heavy atom. The molecule has 0 unspecified atom stereocenters. The monoisotopic (exact) mass is 1090 g/mol. The lowest BCUT2D eigenvalue weighted by Gasteiger charge is -2.48. The number of amides is 7. The number of imidazole rings is 1. The van der Waals surface area contributed by atoms with Gasteiger partial charge in [0.25, 0.3) is 11.8 Å². The van der Waals surface area contributed by atoms with E-state index in [9.17, 15) is 28.8 Å². The number of fused-ring (bicyclic) bond motifs is 4. The lowest BCUT2D eigenvalue weighted by molar-refractivity contribution is -0.143. The van der Waals surface area contributed by atoms with Crippen LogP contribution in [-0.2, 0) is 29.4 Å². The molecule has 6 fully saturated rings. The summed E-state index contributed by atoms with van der Waals surface area (Å²) in [5.74, 6) is -2.10. The van der Waals surface area contributed by atoms with Gasteiger partial charge in [-0.15, -0.1) is 0 Å². The third kappa shape index (κ3) is 8.90. The Hall–Kier alpha value is -7.54. The zero-order chi connectivity index (χ0) is 55.1. The zero-order valence-electron chi connectivity index (χ0n) is 45.5. The van der Waals surface area contributed by atoms with Crippen LogP contribution in [0.4, 0.5) is 27.3 Å². The first-order chi connectivity index (χ1) is 38.7. The number of carbonyl (C=O) groups is 7. The highest BCUT2D eigenvalue weighted by atomic mass is 19.1. The van der Waals surface area contributed by atoms with Crippen molar-refractivity contribution in [3.63, 3.8) is 0 Å². The Morgan fingerprint density at radius 1 is 0.725 bits per heavy atom. The number of aromatic nitrogens is 3. The van der Waals surface area contributed by atoms with Gasteiger partial charge in [0, 0.05) is 92.6 Å². The van der Waals surface area contributed by atoms with E-state index in [2.05, 4.69) is 57.4 Å². The van der Waals surface area contributed by atoms with Crippen LogP contribution in [0.2, 0.25) is 0 Å². The van der Waals surface area contributed by atoms with Gasteiger partial charge in [0.05, 0.1) is 39.8 Å². The molecule has 0 radical (unpaired) electrons. The zero-order valence-corrected chi connectivity index (χ0v) is 45.5. The Bertz CT molecular complexity index is 3360. The van der Waals surface area contributed by atoms with Crippen LogP contribution in [0.5, 0.6) is 0 Å². The van der Waals surface area contributed by atoms with Gasteiger partial charge in [0.15, 0.2) is 5.82 Å². The molecule has 1 atom stereocenters. The fraction of sp³-hybridized carbons (Fsp3) is 0.492. The summed E-state index contributed by atoms with van der Waals surface area (Å²) < 4.78 is 17.2. The number of anilines is 4. The standard InChI is InChI=1S/C61H68FN11O7/c1-36(2)71-35-63-49-34-48(65-54(53(49)71)64-47-9-5-4-8-46(47)62)39-14-17-45-51(30-39)72(42-31-41(32-42)67-22-6-3-7-23-67)60(80)61(45)20-24-69(25-21-61)56(76)37-10-12-38(13-11-37)57(77)70-28-26-68(27-29-70)40-15-16-43-44(33-40)59(79)73(58(43)78)50-18-19-52(74)66-55(50)75/h4-5,8-9,14-17,30,33-38,41-42,50H,3,6-7,10-13,18-29,31-32H2,1-2H3,(H,64,65)(H,66,74,75)/t37?,38?,41?,42?,50-/m1/s1. The number of para-hydroxylation sites is 1. The van der Waals surface area contributed by atoms with E-state index in [1.165, 1.54) is 25.3 Å². The van der Waals surface area contributed by atoms with Gasteiger partial charge in [-0.05, 0) is 146 Å². The summed E-state index contributed by atoms with van der Waals surface area (Å²) in [7, 11) is 0. The van der Waals surface area contributed by atoms with Crippen LogP contribution in [0.1, 0.15) is 130 Å². The highest BCUT2D eigenvalue weighted by Crippen LogP contribution is 2.53. The summed E-state index contributed by atoms with van der Waals surface area (Å²) in [6.07, 6.45) is 11.0. The second-order valence-electron chi connectivity index (χ2n) is 23.8. The smallest absolute Gasteiger partial charge is 0.262 e. The average Bonchev–Trinajstić information content (AvgIpc) is 4.04. The van der Waals surface area contributed by atoms with Crippen molar-refractivity contribution in [2.75, 3.05) is 67.5 Å². The van der Waals surface area contributed by atoms with Crippen LogP contribution in [-0.4, -0.2) is 146 Å². The maximum atomic E-state index is 15.3. The summed E-state index contributed by atoms with van der Waals surface area (Å²) in [6.45, 7) is 9.35. The van der Waals surface area contributed by atoms with E-state index in [0.717, 1.165) is 64.4 Å². The molecule has 19 heteroatoms. The summed E-state index contributed by atoms with van der Waals surface area (Å²) in [5, 5.41) is 5.51. The number of nitrogens with zero attached hydrogens (tertiary/aromatic N) is 9. The summed E-state index contributed by atoms with van der Waals surface area (Å²) >= 11 is 0. The predicted octanol–water partition coefficient (Wildman–Crippen LogP) is 7.34. The van der Waals surface area contributed by atoms with Crippen molar-refractivity contribution in [1.29, 1.82) is 0 Å². The number of halogens is 1. The van der Waals surface area contributed by atoms with Crippen LogP contribution >= 0.6 is 0 Å². The van der Waals surface area contributed by atoms with Gasteiger partial charge in [-0.1, -0.05) is 30.7 Å². The number of carbonyl (C=O) groups excluding carboxylic acids is 7. The fourth-order valence-electron chi connectivity index (χ4n) is 14.4. The highest BCUT2D eigenvalue weighted by molar-refractivity contribution is 6.24. The predicted molar refractivity (Wildman–Crippen MR) is 298 cm³/mol. The first-order valence-electron chi connectivity index (χ1n) is 29.0. The van der Waals surface area contributed by atoms with Gasteiger partial charge in [-0.2, -0.15) is 0 Å². The number of hydrogen-bond acceptors (Lipinski definition) is 12. The number of piperazine rings is 1. The fourth-order valence-corrected chi connectivity index (χ4v) is 14.4. The Kier molecular flexibility index (Phi) is 13.3. The third-order valence-corrected chi connectivity index (χ3v) is 19.0. The van der Waals surface area contributed by atoms with E-state index in [1.54, 1.807) is 42.7 Å². The van der Waals surface area contributed by atoms with Gasteiger partial charge in [-0.3, -0.25) is 43.8 Å². The largest absolute Gasteiger partial charge is 0.368 e. The van der Waals surface area contributed by atoms with Crippen LogP contribution < -0.4 is 20.4 Å². The first-order valence-corrected chi connectivity index (χ1v) is 29.0. The molecule has 416 valence electrons. The van der Waals surface area contributed by atoms with Gasteiger partial charge < -0.3 is 34.4 Å². The number of pyridine rings is 1. The Morgan fingerprint density at radius 3 is 2.10 bits per heavy atom. The molecule has 3 aromatic carbocycles. The average molecular weight is 1090 g/mol. The topological polar surface area (TPSA) is 194 Å². The molecule has 7 amide bonds. The second-order valence-corrected chi connectivity index (χ2v) is 23.8. The van der Waals surface area contributed by atoms with Gasteiger partial charge >= 0.3 is 0 Å². The Balaban J connectivity index is 0.665. The molecule has 8 aliphatic rings. The molecule has 0 bridgehead atoms. The SMILES string of the molecule is CC(C)n1cnc2cc(-c3ccc4c(c3)N(C3CC(N5CCCCC5)C3)C(=O)C43CCN(C(=O)C4CCC(C(=O)N5CCN(c6ccc7c(c6)C(=O)N([C@@H]6CCC(=O)NC6=O)C7=O)CC5)CC4)CC3)nc(Nc3ccccc3F)c21. The van der Waals surface area contributed by atoms with E-state index in [-0.39, 0.29) is 71.4 Å². The van der Waals surface area contributed by atoms with Crippen molar-refractivity contribution in [2.24, 2.45) is 11.8 Å². The van der Waals surface area contributed by atoms with Crippen LogP contribution in [0.25, 0.3) is 22.3 Å². The summed E-state index contributed by atoms with van der Waals surface area (Å²) in [4.78, 5) is 116. The number of benzene rings is 3. The van der Waals surface area contributed by atoms with Gasteiger partial charge in [0.1, 0.15) is 17.4 Å². The van der Waals surface area contributed by atoms with E-state index in [0.29, 0.717) is 101 Å². The highest BCUT2D eigenvalue weighted by Gasteiger charge is 2.56. The number of likely N-dealkylation sites (tertiary alicyclic amines) is 2. The van der Waals surface area contributed by atoms with E-state index < -0.39 is 35.1 Å². The third-order valence-electron chi connectivity index (χ3n) is 19.0. The lowest BCUT2D eigenvalue weighted by atomic mass is 9.72. The molecular weight excluding hydrogens is 1020 g/mol. The maximum absolute atomic E-state index is 15.3. The van der Waals surface area contributed by atoms with Gasteiger partial charge in [-0.25, -0.2) is 14.4 Å². The molecule has 2 aliphatic carbocycles. The molecule has 8 heterocycles. The van der Waals surface area contributed by atoms with Crippen LogP contribution in [0.15, 0.2) is 73.1 Å². The maximum Gasteiger partial charge on any atom is 0.262 e. The minimum Gasteiger partial charge on any atom is -0.368 e. The Labute approximate surface area is 464 Å². The number of rotatable bonds is 10. The minimum absolute atomic E-state index is 0.0498. The normalized spacial score (nSPS) is 25.1. The van der Waals surface area contributed by atoms with Crippen molar-refractivity contribution in [2.45, 2.75) is 127 Å². The first kappa shape index (κ1) is 51.9. The van der Waals surface area contributed by atoms with Crippen molar-refractivity contribution >= 4 is 75.3 Å². The van der Waals surface area contributed by atoms with Crippen LogP contribution in [0, 0.1) is 17.7 Å². The van der Waals surface area contributed by atoms with Crippen molar-refractivity contribution < 1.29 is 38.0 Å². The molecule has 18 nitrogen and oxygen atoms in total. The molecular formula is C61H68FN11O7. The van der Waals surface area contributed by atoms with E-state index >= 15 is 9.18 Å². The van der Waals surface area contributed by atoms with E-state index in [4.69, 9.17) is 9.97 Å². The number of piperidine rings is 3. The number of imide groups is 2. The van der Waals surface area contributed by atoms with Crippen molar-refractivity contribution in [3.05, 3.63) is 95.6 Å². The number of nitrogens with one attached hydrogen (secondary N) is 2. The van der Waals surface area contributed by atoms with Crippen LogP contribution in [0.3, 0.4) is 0 Å². The molecule has 6 aliphatic heterocycles. The molecule has 4 saturated heterocycles. The van der Waals surface area contributed by atoms with E-state index in [1.807, 2.05) is 20.4 Å². The second kappa shape index (κ2) is 20.5. The molecule has 2 saturated carbocycles. The quantitative estimate of drug-likeness (QED) is 0.132. The van der Waals surface area contributed by atoms with Crippen molar-refractivity contribution in [3.8, 4) is 11.3 Å². The number of hydrogen-bond donors (Lipinski definition) is 2. The molecule has 2 aromatic heterocycles. The van der Waals surface area contributed by atoms with Crippen molar-refractivity contribution in [1.82, 2.24) is 39.5 Å². The summed E-state index contributed by atoms with van der Waals surface area (Å²) in [6, 6.07) is 19.5.